The topological polar surface area (TPSA) is 248 Å². The first-order chi connectivity index (χ1) is 28.0. The van der Waals surface area contributed by atoms with Gasteiger partial charge in [0.05, 0.1) is 24.2 Å². The number of nitrogens with two attached hydrogens (primary N) is 2. The van der Waals surface area contributed by atoms with Crippen LogP contribution < -0.4 is 11.5 Å². The molecule has 0 spiro atoms. The molecule has 0 saturated carbocycles. The number of nitrogens with zero attached hydrogens (tertiary/aromatic N) is 4. The molecule has 6 unspecified atom stereocenters. The lowest BCUT2D eigenvalue weighted by molar-refractivity contribution is -0.143. The smallest absolute Gasteiger partial charge is 0.226 e. The van der Waals surface area contributed by atoms with Gasteiger partial charge < -0.3 is 36.1 Å². The standard InChI is InChI=1S/C43H68N6O10/c1-4-5-6-7-14-40(57)48-23-10-13-35(48)39(56)25-30(11-8-21-46-43(44)45)37(54)18-17-32(52)24-31(16-15-28(2)50)42(59)49-27-33(53)26-36(49)38(55)19-20-41(58)47-22-9-12-34(47)29(3)51/h30-31,33-36,53H,4-27H2,1-3H3,(H4,44,45,46). The summed E-state index contributed by atoms with van der Waals surface area (Å²) in [5.74, 6) is -4.38. The number of likely N-dealkylation sites (tertiary alicyclic amines) is 3. The van der Waals surface area contributed by atoms with Crippen LogP contribution in [0.15, 0.2) is 4.99 Å². The second kappa shape index (κ2) is 24.7. The Morgan fingerprint density at radius 3 is 1.98 bits per heavy atom. The molecule has 0 aromatic heterocycles. The maximum absolute atomic E-state index is 14.0. The lowest BCUT2D eigenvalue weighted by Crippen LogP contribution is -2.45. The third kappa shape index (κ3) is 15.6. The van der Waals surface area contributed by atoms with Crippen molar-refractivity contribution in [3.8, 4) is 0 Å². The number of carbonyl (C=O) groups is 9. The third-order valence-electron chi connectivity index (χ3n) is 12.0. The first-order valence-electron chi connectivity index (χ1n) is 21.8. The van der Waals surface area contributed by atoms with Crippen molar-refractivity contribution in [1.29, 1.82) is 0 Å². The molecule has 3 heterocycles. The van der Waals surface area contributed by atoms with Crippen LogP contribution in [0.3, 0.4) is 0 Å². The summed E-state index contributed by atoms with van der Waals surface area (Å²) in [6, 6.07) is -2.12. The minimum Gasteiger partial charge on any atom is -0.391 e. The number of ketones is 6. The van der Waals surface area contributed by atoms with Crippen LogP contribution in [0, 0.1) is 11.8 Å². The molecule has 3 fully saturated rings. The maximum Gasteiger partial charge on any atom is 0.226 e. The van der Waals surface area contributed by atoms with Crippen molar-refractivity contribution in [3.05, 3.63) is 0 Å². The summed E-state index contributed by atoms with van der Waals surface area (Å²) in [5.41, 5.74) is 10.9. The molecule has 0 aromatic rings. The molecule has 16 heteroatoms. The van der Waals surface area contributed by atoms with Crippen LogP contribution in [0.25, 0.3) is 0 Å². The minimum atomic E-state index is -1.02. The van der Waals surface area contributed by atoms with Gasteiger partial charge >= 0.3 is 0 Å². The molecule has 0 aromatic carbocycles. The van der Waals surface area contributed by atoms with Gasteiger partial charge in [0.1, 0.15) is 17.3 Å². The van der Waals surface area contributed by atoms with Crippen molar-refractivity contribution < 1.29 is 48.3 Å². The first-order valence-corrected chi connectivity index (χ1v) is 21.8. The Bertz CT molecular complexity index is 1560. The fourth-order valence-electron chi connectivity index (χ4n) is 8.71. The molecule has 59 heavy (non-hydrogen) atoms. The Morgan fingerprint density at radius 1 is 0.678 bits per heavy atom. The van der Waals surface area contributed by atoms with Gasteiger partial charge in [0, 0.05) is 95.8 Å². The summed E-state index contributed by atoms with van der Waals surface area (Å²) in [6.45, 7) is 5.91. The van der Waals surface area contributed by atoms with E-state index >= 15 is 0 Å². The summed E-state index contributed by atoms with van der Waals surface area (Å²) < 4.78 is 0. The summed E-state index contributed by atoms with van der Waals surface area (Å²) in [7, 11) is 0. The lowest BCUT2D eigenvalue weighted by atomic mass is 9.86. The molecule has 3 saturated heterocycles. The summed E-state index contributed by atoms with van der Waals surface area (Å²) in [5, 5.41) is 10.5. The van der Waals surface area contributed by atoms with Gasteiger partial charge in [0.25, 0.3) is 0 Å². The molecule has 6 atom stereocenters. The van der Waals surface area contributed by atoms with E-state index in [2.05, 4.69) is 11.9 Å². The van der Waals surface area contributed by atoms with Crippen molar-refractivity contribution in [2.24, 2.45) is 28.3 Å². The van der Waals surface area contributed by atoms with Gasteiger partial charge in [-0.2, -0.15) is 0 Å². The fraction of sp³-hybridized carbons (Fsp3) is 0.767. The summed E-state index contributed by atoms with van der Waals surface area (Å²) in [6.07, 6.45) is 5.24. The van der Waals surface area contributed by atoms with Crippen molar-refractivity contribution >= 4 is 58.4 Å². The van der Waals surface area contributed by atoms with Crippen LogP contribution in [0.2, 0.25) is 0 Å². The van der Waals surface area contributed by atoms with E-state index in [1.54, 1.807) is 4.90 Å². The number of aliphatic imine (C=N–C) groups is 1. The Balaban J connectivity index is 1.65. The molecule has 0 bridgehead atoms. The Hall–Kier alpha value is -4.34. The number of aliphatic hydroxyl groups is 1. The highest BCUT2D eigenvalue weighted by Crippen LogP contribution is 2.29. The number of β-amino-alcohol motifs (C(OH)–C–C–N with tert-alkyl or cyclic N) is 1. The van der Waals surface area contributed by atoms with E-state index in [0.717, 1.165) is 25.7 Å². The first kappa shape index (κ1) is 49.0. The highest BCUT2D eigenvalue weighted by Gasteiger charge is 2.42. The average Bonchev–Trinajstić information content (AvgIpc) is 3.97. The van der Waals surface area contributed by atoms with Crippen molar-refractivity contribution in [2.75, 3.05) is 26.2 Å². The van der Waals surface area contributed by atoms with Crippen LogP contribution in [0.5, 0.6) is 0 Å². The number of rotatable bonds is 27. The van der Waals surface area contributed by atoms with E-state index in [4.69, 9.17) is 11.5 Å². The molecule has 5 N–H and O–H groups in total. The van der Waals surface area contributed by atoms with Crippen molar-refractivity contribution in [3.63, 3.8) is 0 Å². The Labute approximate surface area is 348 Å². The van der Waals surface area contributed by atoms with Crippen molar-refractivity contribution in [2.45, 2.75) is 173 Å². The number of unbranched alkanes of at least 4 members (excludes halogenated alkanes) is 3. The van der Waals surface area contributed by atoms with Crippen LogP contribution in [0.4, 0.5) is 0 Å². The zero-order valence-corrected chi connectivity index (χ0v) is 35.5. The molecule has 3 aliphatic rings. The summed E-state index contributed by atoms with van der Waals surface area (Å²) >= 11 is 0. The molecular weight excluding hydrogens is 761 g/mol. The van der Waals surface area contributed by atoms with E-state index in [0.29, 0.717) is 58.0 Å². The number of carbonyl (C=O) groups excluding carboxylic acids is 9. The number of hydrogen-bond acceptors (Lipinski definition) is 11. The molecule has 3 rings (SSSR count). The highest BCUT2D eigenvalue weighted by atomic mass is 16.3. The molecule has 16 nitrogen and oxygen atoms in total. The van der Waals surface area contributed by atoms with Gasteiger partial charge in [0.2, 0.25) is 17.7 Å². The van der Waals surface area contributed by atoms with Crippen LogP contribution in [-0.2, 0) is 43.2 Å². The normalized spacial score (nSPS) is 21.3. The largest absolute Gasteiger partial charge is 0.391 e. The van der Waals surface area contributed by atoms with Gasteiger partial charge in [-0.3, -0.25) is 43.3 Å². The molecule has 0 radical (unpaired) electrons. The third-order valence-corrected chi connectivity index (χ3v) is 12.0. The predicted octanol–water partition coefficient (Wildman–Crippen LogP) is 2.76. The molecule has 3 amide bonds. The van der Waals surface area contributed by atoms with E-state index in [-0.39, 0.29) is 112 Å². The second-order valence-electron chi connectivity index (χ2n) is 16.7. The summed E-state index contributed by atoms with van der Waals surface area (Å²) in [4.78, 5) is 127. The average molecular weight is 829 g/mol. The molecule has 0 aliphatic carbocycles. The molecular formula is C43H68N6O10. The predicted molar refractivity (Wildman–Crippen MR) is 220 cm³/mol. The van der Waals surface area contributed by atoms with Crippen molar-refractivity contribution in [1.82, 2.24) is 14.7 Å². The van der Waals surface area contributed by atoms with Gasteiger partial charge in [-0.25, -0.2) is 0 Å². The quantitative estimate of drug-likeness (QED) is 0.0615. The van der Waals surface area contributed by atoms with E-state index in [1.807, 2.05) is 0 Å². The van der Waals surface area contributed by atoms with Gasteiger partial charge in [-0.15, -0.1) is 0 Å². The van der Waals surface area contributed by atoms with Crippen LogP contribution in [-0.4, -0.2) is 129 Å². The van der Waals surface area contributed by atoms with E-state index in [1.165, 1.54) is 23.6 Å². The van der Waals surface area contributed by atoms with Gasteiger partial charge in [0.15, 0.2) is 23.3 Å². The Morgan fingerprint density at radius 2 is 1.34 bits per heavy atom. The second-order valence-corrected chi connectivity index (χ2v) is 16.7. The molecule has 330 valence electrons. The molecule has 3 aliphatic heterocycles. The monoisotopic (exact) mass is 828 g/mol. The SMILES string of the molecule is CCCCCCC(=O)N1CCCC1C(=O)CC(CCCN=C(N)N)C(=O)CCC(=O)CC(CCC(C)=O)C(=O)N1CC(O)CC1C(=O)CCC(=O)N1CCCC1C(C)=O. The fourth-order valence-corrected chi connectivity index (χ4v) is 8.71. The lowest BCUT2D eigenvalue weighted by Gasteiger charge is -2.28. The maximum atomic E-state index is 14.0. The van der Waals surface area contributed by atoms with Crippen LogP contribution >= 0.6 is 0 Å². The zero-order chi connectivity index (χ0) is 43.6. The number of Topliss-reactive ketones (excluding diaryl/α,β-unsaturated/α-hetero) is 6. The number of aliphatic hydroxyl groups excluding tert-OH is 1. The Kier molecular flexibility index (Phi) is 20.5. The number of amides is 3. The zero-order valence-electron chi connectivity index (χ0n) is 35.5. The van der Waals surface area contributed by atoms with Crippen LogP contribution in [0.1, 0.15) is 149 Å². The number of guanidine groups is 1. The van der Waals surface area contributed by atoms with E-state index in [9.17, 15) is 48.3 Å². The van der Waals surface area contributed by atoms with Gasteiger partial charge in [-0.1, -0.05) is 26.2 Å². The highest BCUT2D eigenvalue weighted by molar-refractivity contribution is 5.97. The van der Waals surface area contributed by atoms with E-state index < -0.39 is 53.5 Å². The minimum absolute atomic E-state index is 0.00130. The number of hydrogen-bond donors (Lipinski definition) is 3. The van der Waals surface area contributed by atoms with Gasteiger partial charge in [-0.05, 0) is 65.2 Å².